The summed E-state index contributed by atoms with van der Waals surface area (Å²) in [5.41, 5.74) is 0.140. The van der Waals surface area contributed by atoms with Crippen LogP contribution < -0.4 is 0 Å². The molecule has 24 heavy (non-hydrogen) atoms. The summed E-state index contributed by atoms with van der Waals surface area (Å²) in [6.45, 7) is -0.00404. The SMILES string of the molecule is O=C(O)C1CCC1C(=O)N(Cc1cc(F)ccc1F)C1CCCC1. The summed E-state index contributed by atoms with van der Waals surface area (Å²) in [5, 5.41) is 9.19. The highest BCUT2D eigenvalue weighted by molar-refractivity contribution is 5.86. The lowest BCUT2D eigenvalue weighted by Crippen LogP contribution is -2.49. The number of benzene rings is 1. The van der Waals surface area contributed by atoms with Crippen LogP contribution in [0.2, 0.25) is 0 Å². The molecule has 1 aromatic carbocycles. The summed E-state index contributed by atoms with van der Waals surface area (Å²) in [4.78, 5) is 25.7. The van der Waals surface area contributed by atoms with Crippen LogP contribution in [0.4, 0.5) is 8.78 Å². The summed E-state index contributed by atoms with van der Waals surface area (Å²) < 4.78 is 27.4. The minimum Gasteiger partial charge on any atom is -0.481 e. The number of carboxylic acids is 1. The van der Waals surface area contributed by atoms with Crippen molar-refractivity contribution >= 4 is 11.9 Å². The van der Waals surface area contributed by atoms with E-state index in [1.807, 2.05) is 0 Å². The highest BCUT2D eigenvalue weighted by Gasteiger charge is 2.44. The van der Waals surface area contributed by atoms with Crippen molar-refractivity contribution in [1.29, 1.82) is 0 Å². The molecule has 0 saturated heterocycles. The van der Waals surface area contributed by atoms with Gasteiger partial charge in [0.15, 0.2) is 0 Å². The molecule has 2 saturated carbocycles. The molecule has 0 radical (unpaired) electrons. The number of carbonyl (C=O) groups is 2. The third-order valence-corrected chi connectivity index (χ3v) is 5.31. The first-order valence-corrected chi connectivity index (χ1v) is 8.44. The second-order valence-electron chi connectivity index (χ2n) is 6.77. The Bertz CT molecular complexity index is 643. The van der Waals surface area contributed by atoms with Crippen molar-refractivity contribution in [3.8, 4) is 0 Å². The molecule has 2 unspecified atom stereocenters. The van der Waals surface area contributed by atoms with Crippen LogP contribution in [0, 0.1) is 23.5 Å². The Kier molecular flexibility index (Phi) is 4.83. The van der Waals surface area contributed by atoms with E-state index in [-0.39, 0.29) is 24.1 Å². The maximum Gasteiger partial charge on any atom is 0.307 e. The molecule has 0 bridgehead atoms. The average molecular weight is 337 g/mol. The van der Waals surface area contributed by atoms with Crippen LogP contribution in [0.3, 0.4) is 0 Å². The number of aliphatic carboxylic acids is 1. The van der Waals surface area contributed by atoms with Crippen molar-refractivity contribution in [3.05, 3.63) is 35.4 Å². The summed E-state index contributed by atoms with van der Waals surface area (Å²) in [6, 6.07) is 3.20. The van der Waals surface area contributed by atoms with Crippen LogP contribution in [-0.4, -0.2) is 27.9 Å². The summed E-state index contributed by atoms with van der Waals surface area (Å²) in [7, 11) is 0. The van der Waals surface area contributed by atoms with Gasteiger partial charge in [-0.1, -0.05) is 12.8 Å². The van der Waals surface area contributed by atoms with Crippen molar-refractivity contribution in [3.63, 3.8) is 0 Å². The third-order valence-electron chi connectivity index (χ3n) is 5.31. The minimum atomic E-state index is -0.956. The fraction of sp³-hybridized carbons (Fsp3) is 0.556. The lowest BCUT2D eigenvalue weighted by atomic mass is 9.72. The first-order chi connectivity index (χ1) is 11.5. The van der Waals surface area contributed by atoms with E-state index in [9.17, 15) is 23.5 Å². The van der Waals surface area contributed by atoms with Gasteiger partial charge in [-0.25, -0.2) is 8.78 Å². The first kappa shape index (κ1) is 16.9. The first-order valence-electron chi connectivity index (χ1n) is 8.44. The second kappa shape index (κ2) is 6.87. The van der Waals surface area contributed by atoms with Gasteiger partial charge in [-0.05, 0) is 43.9 Å². The molecule has 1 N–H and O–H groups in total. The van der Waals surface area contributed by atoms with Crippen molar-refractivity contribution in [2.75, 3.05) is 0 Å². The number of nitrogens with zero attached hydrogens (tertiary/aromatic N) is 1. The molecule has 4 nitrogen and oxygen atoms in total. The number of carboxylic acid groups (broad SMARTS) is 1. The van der Waals surface area contributed by atoms with Crippen LogP contribution in [0.5, 0.6) is 0 Å². The molecule has 2 atom stereocenters. The van der Waals surface area contributed by atoms with Gasteiger partial charge in [0.2, 0.25) is 5.91 Å². The predicted octanol–water partition coefficient (Wildman–Crippen LogP) is 3.35. The van der Waals surface area contributed by atoms with E-state index < -0.39 is 29.4 Å². The standard InChI is InChI=1S/C18H21F2NO3/c19-12-5-8-16(20)11(9-12)10-21(13-3-1-2-4-13)17(22)14-6-7-15(14)18(23)24/h5,8-9,13-15H,1-4,6-7,10H2,(H,23,24). The fourth-order valence-corrected chi connectivity index (χ4v) is 3.76. The van der Waals surface area contributed by atoms with E-state index in [2.05, 4.69) is 0 Å². The Labute approximate surface area is 139 Å². The quantitative estimate of drug-likeness (QED) is 0.896. The molecule has 0 spiro atoms. The molecular weight excluding hydrogens is 316 g/mol. The van der Waals surface area contributed by atoms with Gasteiger partial charge in [0.05, 0.1) is 11.8 Å². The molecule has 0 aliphatic heterocycles. The molecule has 1 amide bonds. The maximum absolute atomic E-state index is 14.0. The van der Waals surface area contributed by atoms with Gasteiger partial charge in [0.25, 0.3) is 0 Å². The Hall–Kier alpha value is -1.98. The monoisotopic (exact) mass is 337 g/mol. The molecule has 2 aliphatic rings. The van der Waals surface area contributed by atoms with Crippen LogP contribution in [-0.2, 0) is 16.1 Å². The minimum absolute atomic E-state index is 0.00404. The van der Waals surface area contributed by atoms with Crippen LogP contribution in [0.1, 0.15) is 44.1 Å². The molecule has 3 rings (SSSR count). The number of hydrogen-bond donors (Lipinski definition) is 1. The molecule has 130 valence electrons. The zero-order chi connectivity index (χ0) is 17.3. The topological polar surface area (TPSA) is 57.6 Å². The lowest BCUT2D eigenvalue weighted by Gasteiger charge is -2.39. The van der Waals surface area contributed by atoms with Crippen molar-refractivity contribution in [1.82, 2.24) is 4.90 Å². The van der Waals surface area contributed by atoms with Gasteiger partial charge in [0.1, 0.15) is 11.6 Å². The average Bonchev–Trinajstić information content (AvgIpc) is 3.00. The molecule has 0 heterocycles. The van der Waals surface area contributed by atoms with E-state index in [1.54, 1.807) is 4.90 Å². The molecule has 6 heteroatoms. The van der Waals surface area contributed by atoms with E-state index in [4.69, 9.17) is 0 Å². The second-order valence-corrected chi connectivity index (χ2v) is 6.77. The van der Waals surface area contributed by atoms with Crippen molar-refractivity contribution in [2.45, 2.75) is 51.1 Å². The van der Waals surface area contributed by atoms with Crippen LogP contribution >= 0.6 is 0 Å². The Morgan fingerprint density at radius 2 is 1.75 bits per heavy atom. The highest BCUT2D eigenvalue weighted by atomic mass is 19.1. The number of halogens is 2. The summed E-state index contributed by atoms with van der Waals surface area (Å²) >= 11 is 0. The molecule has 0 aromatic heterocycles. The summed E-state index contributed by atoms with van der Waals surface area (Å²) in [6.07, 6.45) is 4.68. The van der Waals surface area contributed by atoms with Gasteiger partial charge < -0.3 is 10.0 Å². The molecular formula is C18H21F2NO3. The number of carbonyl (C=O) groups excluding carboxylic acids is 1. The van der Waals surface area contributed by atoms with Gasteiger partial charge in [-0.15, -0.1) is 0 Å². The van der Waals surface area contributed by atoms with Crippen LogP contribution in [0.15, 0.2) is 18.2 Å². The van der Waals surface area contributed by atoms with Crippen molar-refractivity contribution < 1.29 is 23.5 Å². The van der Waals surface area contributed by atoms with E-state index >= 15 is 0 Å². The maximum atomic E-state index is 14.0. The number of amides is 1. The van der Waals surface area contributed by atoms with E-state index in [1.165, 1.54) is 0 Å². The molecule has 1 aromatic rings. The van der Waals surface area contributed by atoms with Crippen LogP contribution in [0.25, 0.3) is 0 Å². The predicted molar refractivity (Wildman–Crippen MR) is 83.0 cm³/mol. The Morgan fingerprint density at radius 3 is 2.33 bits per heavy atom. The smallest absolute Gasteiger partial charge is 0.307 e. The third kappa shape index (κ3) is 3.28. The molecule has 2 fully saturated rings. The lowest BCUT2D eigenvalue weighted by molar-refractivity contribution is -0.158. The Morgan fingerprint density at radius 1 is 1.08 bits per heavy atom. The summed E-state index contributed by atoms with van der Waals surface area (Å²) in [5.74, 6) is -3.47. The van der Waals surface area contributed by atoms with Gasteiger partial charge >= 0.3 is 5.97 Å². The Balaban J connectivity index is 1.82. The zero-order valence-electron chi connectivity index (χ0n) is 13.4. The van der Waals surface area contributed by atoms with E-state index in [0.29, 0.717) is 12.8 Å². The van der Waals surface area contributed by atoms with Gasteiger partial charge in [-0.2, -0.15) is 0 Å². The molecule has 2 aliphatic carbocycles. The van der Waals surface area contributed by atoms with Crippen molar-refractivity contribution in [2.24, 2.45) is 11.8 Å². The van der Waals surface area contributed by atoms with E-state index in [0.717, 1.165) is 43.9 Å². The largest absolute Gasteiger partial charge is 0.481 e. The zero-order valence-corrected chi connectivity index (χ0v) is 13.4. The highest BCUT2D eigenvalue weighted by Crippen LogP contribution is 2.38. The fourth-order valence-electron chi connectivity index (χ4n) is 3.76. The number of rotatable bonds is 5. The number of hydrogen-bond acceptors (Lipinski definition) is 2. The van der Waals surface area contributed by atoms with Gasteiger partial charge in [-0.3, -0.25) is 9.59 Å². The van der Waals surface area contributed by atoms with Gasteiger partial charge in [0, 0.05) is 18.2 Å². The normalized spacial score (nSPS) is 23.8.